The van der Waals surface area contributed by atoms with Gasteiger partial charge in [0, 0.05) is 31.1 Å². The van der Waals surface area contributed by atoms with E-state index < -0.39 is 0 Å². The van der Waals surface area contributed by atoms with Gasteiger partial charge in [-0.05, 0) is 42.4 Å². The van der Waals surface area contributed by atoms with Gasteiger partial charge in [0.1, 0.15) is 24.1 Å². The monoisotopic (exact) mass is 503 g/mol. The standard InChI is InChI=1S/C27H30FN7O2/c1-27(2,3)25-31-20(14-37-25)21(36)13-16-7-5-6-8-18-17(16)9-10-19(23(18)28)24-29-15-30-26(33-24)32-22-11-12-35(4)34-22/h9-12,14-16H,5-8,13H2,1-4H3,(H,29,30,32,33,34)/t16-/m0/s1. The Kier molecular flexibility index (Phi) is 6.57. The summed E-state index contributed by atoms with van der Waals surface area (Å²) in [5.41, 5.74) is 1.85. The molecule has 0 unspecified atom stereocenters. The predicted octanol–water partition coefficient (Wildman–Crippen LogP) is 5.52. The fourth-order valence-corrected chi connectivity index (χ4v) is 4.66. The largest absolute Gasteiger partial charge is 0.448 e. The van der Waals surface area contributed by atoms with Gasteiger partial charge in [-0.3, -0.25) is 9.48 Å². The summed E-state index contributed by atoms with van der Waals surface area (Å²) in [5.74, 6) is 1.10. The van der Waals surface area contributed by atoms with Crippen molar-refractivity contribution in [3.63, 3.8) is 0 Å². The number of benzene rings is 1. The molecule has 1 aliphatic rings. The van der Waals surface area contributed by atoms with Gasteiger partial charge in [0.15, 0.2) is 23.3 Å². The van der Waals surface area contributed by atoms with Gasteiger partial charge < -0.3 is 9.73 Å². The van der Waals surface area contributed by atoms with E-state index >= 15 is 4.39 Å². The zero-order chi connectivity index (χ0) is 26.2. The molecule has 3 aromatic heterocycles. The summed E-state index contributed by atoms with van der Waals surface area (Å²) in [7, 11) is 1.81. The number of carbonyl (C=O) groups is 1. The molecule has 3 heterocycles. The molecule has 0 fully saturated rings. The Morgan fingerprint density at radius 3 is 2.76 bits per heavy atom. The van der Waals surface area contributed by atoms with Crippen molar-refractivity contribution in [1.82, 2.24) is 29.7 Å². The second kappa shape index (κ2) is 9.84. The van der Waals surface area contributed by atoms with E-state index in [-0.39, 0.29) is 41.1 Å². The van der Waals surface area contributed by atoms with Crippen molar-refractivity contribution in [3.8, 4) is 11.4 Å². The molecule has 0 saturated heterocycles. The highest BCUT2D eigenvalue weighted by Crippen LogP contribution is 2.38. The number of Topliss-reactive ketones (excluding diaryl/α,β-unsaturated/α-hetero) is 1. The molecule has 1 atom stereocenters. The molecule has 1 aliphatic carbocycles. The minimum absolute atomic E-state index is 0.0933. The Balaban J connectivity index is 1.41. The quantitative estimate of drug-likeness (QED) is 0.270. The van der Waals surface area contributed by atoms with Gasteiger partial charge in [-0.1, -0.05) is 33.3 Å². The van der Waals surface area contributed by atoms with Crippen molar-refractivity contribution < 1.29 is 13.6 Å². The SMILES string of the molecule is Cn1ccc(Nc2ncnc(-c3ccc4c(c3F)CCCC[C@H]4CC(=O)c3coc(C(C)(C)C)n3)n2)n1. The minimum Gasteiger partial charge on any atom is -0.448 e. The number of halogens is 1. The highest BCUT2D eigenvalue weighted by molar-refractivity contribution is 5.94. The lowest BCUT2D eigenvalue weighted by atomic mass is 9.87. The molecule has 9 nitrogen and oxygen atoms in total. The van der Waals surface area contributed by atoms with Crippen molar-refractivity contribution in [1.29, 1.82) is 0 Å². The summed E-state index contributed by atoms with van der Waals surface area (Å²) >= 11 is 0. The normalized spacial score (nSPS) is 15.8. The first kappa shape index (κ1) is 24.7. The minimum atomic E-state index is -0.344. The lowest BCUT2D eigenvalue weighted by Crippen LogP contribution is -2.13. The van der Waals surface area contributed by atoms with E-state index in [0.717, 1.165) is 24.8 Å². The zero-order valence-electron chi connectivity index (χ0n) is 21.5. The third-order valence-corrected chi connectivity index (χ3v) is 6.58. The highest BCUT2D eigenvalue weighted by atomic mass is 19.1. The van der Waals surface area contributed by atoms with Crippen LogP contribution < -0.4 is 5.32 Å². The average molecular weight is 504 g/mol. The zero-order valence-corrected chi connectivity index (χ0v) is 21.5. The van der Waals surface area contributed by atoms with Gasteiger partial charge in [-0.2, -0.15) is 10.1 Å². The van der Waals surface area contributed by atoms with Crippen molar-refractivity contribution in [2.45, 2.75) is 64.2 Å². The van der Waals surface area contributed by atoms with E-state index in [1.807, 2.05) is 33.9 Å². The van der Waals surface area contributed by atoms with E-state index in [1.54, 1.807) is 23.0 Å². The van der Waals surface area contributed by atoms with Crippen LogP contribution in [0.2, 0.25) is 0 Å². The molecular formula is C27H30FN7O2. The average Bonchev–Trinajstić information content (AvgIpc) is 3.46. The van der Waals surface area contributed by atoms with E-state index in [2.05, 4.69) is 30.4 Å². The fourth-order valence-electron chi connectivity index (χ4n) is 4.66. The number of carbonyl (C=O) groups excluding carboxylic acids is 1. The van der Waals surface area contributed by atoms with Gasteiger partial charge in [0.05, 0.1) is 5.56 Å². The molecule has 0 radical (unpaired) electrons. The van der Waals surface area contributed by atoms with Crippen LogP contribution in [-0.4, -0.2) is 35.5 Å². The van der Waals surface area contributed by atoms with Gasteiger partial charge in [0.25, 0.3) is 0 Å². The molecule has 10 heteroatoms. The Labute approximate surface area is 214 Å². The van der Waals surface area contributed by atoms with Crippen molar-refractivity contribution >= 4 is 17.5 Å². The van der Waals surface area contributed by atoms with E-state index in [0.29, 0.717) is 35.0 Å². The molecule has 0 spiro atoms. The van der Waals surface area contributed by atoms with Crippen LogP contribution in [0.1, 0.15) is 79.9 Å². The lowest BCUT2D eigenvalue weighted by Gasteiger charge is -2.18. The summed E-state index contributed by atoms with van der Waals surface area (Å²) in [5, 5.41) is 7.27. The number of fused-ring (bicyclic) bond motifs is 1. The van der Waals surface area contributed by atoms with E-state index in [4.69, 9.17) is 4.42 Å². The number of ketones is 1. The van der Waals surface area contributed by atoms with Gasteiger partial charge >= 0.3 is 0 Å². The fraction of sp³-hybridized carbons (Fsp3) is 0.407. The van der Waals surface area contributed by atoms with Gasteiger partial charge in [-0.15, -0.1) is 0 Å². The van der Waals surface area contributed by atoms with Crippen molar-refractivity contribution in [2.75, 3.05) is 5.32 Å². The molecule has 192 valence electrons. The number of oxazole rings is 1. The molecule has 5 rings (SSSR count). The second-order valence-corrected chi connectivity index (χ2v) is 10.5. The first-order valence-corrected chi connectivity index (χ1v) is 12.5. The number of aromatic nitrogens is 6. The van der Waals surface area contributed by atoms with Crippen molar-refractivity contribution in [3.05, 3.63) is 65.5 Å². The van der Waals surface area contributed by atoms with Crippen LogP contribution in [0, 0.1) is 5.82 Å². The third-order valence-electron chi connectivity index (χ3n) is 6.58. The maximum Gasteiger partial charge on any atom is 0.231 e. The van der Waals surface area contributed by atoms with Crippen LogP contribution in [0.25, 0.3) is 11.4 Å². The summed E-state index contributed by atoms with van der Waals surface area (Å²) < 4.78 is 23.1. The Morgan fingerprint density at radius 1 is 1.19 bits per heavy atom. The number of rotatable bonds is 6. The van der Waals surface area contributed by atoms with Crippen LogP contribution in [0.5, 0.6) is 0 Å². The van der Waals surface area contributed by atoms with Crippen LogP contribution in [0.4, 0.5) is 16.2 Å². The van der Waals surface area contributed by atoms with Gasteiger partial charge in [0.2, 0.25) is 5.95 Å². The maximum atomic E-state index is 15.9. The Hall–Kier alpha value is -3.95. The van der Waals surface area contributed by atoms with Gasteiger partial charge in [-0.25, -0.2) is 19.3 Å². The van der Waals surface area contributed by atoms with E-state index in [9.17, 15) is 4.79 Å². The lowest BCUT2D eigenvalue weighted by molar-refractivity contribution is 0.0967. The summed E-state index contributed by atoms with van der Waals surface area (Å²) in [4.78, 5) is 30.3. The Morgan fingerprint density at radius 2 is 2.03 bits per heavy atom. The number of anilines is 2. The van der Waals surface area contributed by atoms with Crippen LogP contribution in [0.15, 0.2) is 41.4 Å². The molecule has 37 heavy (non-hydrogen) atoms. The molecule has 1 N–H and O–H groups in total. The van der Waals surface area contributed by atoms with E-state index in [1.165, 1.54) is 12.6 Å². The first-order valence-electron chi connectivity index (χ1n) is 12.5. The molecule has 0 bridgehead atoms. The number of hydrogen-bond acceptors (Lipinski definition) is 8. The summed E-state index contributed by atoms with van der Waals surface area (Å²) in [6.07, 6.45) is 8.01. The molecule has 0 amide bonds. The highest BCUT2D eigenvalue weighted by Gasteiger charge is 2.28. The smallest absolute Gasteiger partial charge is 0.231 e. The van der Waals surface area contributed by atoms with Crippen LogP contribution >= 0.6 is 0 Å². The van der Waals surface area contributed by atoms with Crippen molar-refractivity contribution in [2.24, 2.45) is 7.05 Å². The maximum absolute atomic E-state index is 15.9. The number of nitrogens with zero attached hydrogens (tertiary/aromatic N) is 6. The third kappa shape index (κ3) is 5.28. The Bertz CT molecular complexity index is 1440. The first-order chi connectivity index (χ1) is 17.7. The number of aryl methyl sites for hydroxylation is 1. The number of nitrogens with one attached hydrogen (secondary N) is 1. The van der Waals surface area contributed by atoms with Crippen LogP contribution in [-0.2, 0) is 18.9 Å². The summed E-state index contributed by atoms with van der Waals surface area (Å²) in [6.45, 7) is 5.96. The molecular weight excluding hydrogens is 473 g/mol. The predicted molar refractivity (Wildman–Crippen MR) is 136 cm³/mol. The number of hydrogen-bond donors (Lipinski definition) is 1. The molecule has 0 saturated carbocycles. The second-order valence-electron chi connectivity index (χ2n) is 10.5. The topological polar surface area (TPSA) is 112 Å². The van der Waals surface area contributed by atoms with Crippen LogP contribution in [0.3, 0.4) is 0 Å². The molecule has 1 aromatic carbocycles. The molecule has 4 aromatic rings. The summed E-state index contributed by atoms with van der Waals surface area (Å²) in [6, 6.07) is 5.40. The molecule has 0 aliphatic heterocycles.